The first-order valence-corrected chi connectivity index (χ1v) is 9.79. The summed E-state index contributed by atoms with van der Waals surface area (Å²) in [5.41, 5.74) is -8.55. The van der Waals surface area contributed by atoms with E-state index in [1.807, 2.05) is 0 Å². The third-order valence-corrected chi connectivity index (χ3v) is 5.73. The molecule has 0 unspecified atom stereocenters. The van der Waals surface area contributed by atoms with Gasteiger partial charge < -0.3 is 9.83 Å². The quantitative estimate of drug-likeness (QED) is 0.525. The molecule has 0 atom stereocenters. The fourth-order valence-electron chi connectivity index (χ4n) is 2.11. The number of nitrogens with one attached hydrogen (secondary N) is 2. The summed E-state index contributed by atoms with van der Waals surface area (Å²) in [5, 5.41) is 3.45. The van der Waals surface area contributed by atoms with Crippen molar-refractivity contribution in [1.29, 1.82) is 0 Å². The van der Waals surface area contributed by atoms with E-state index in [9.17, 15) is 18.0 Å². The standard InChI is InChI=1S/C20H21N3O5S2/c1-10-8-11(2)17(15(9-10)14(5)24)21-19(25)18-16(6-7-29-18)30(26,27)23-20-12(3)13(4)22-28-20/h6-9,23H,1-5H3,(H,21,25)/i1D3,2D3,3D3,4D3,5D3,8D,9D/hD2. The smallest absolute Gasteiger partial charge is 0.267 e. The largest absolute Gasteiger partial charge is 0.337 e. The number of ketones is 1. The topological polar surface area (TPSA) is 118 Å². The van der Waals surface area contributed by atoms with Crippen molar-refractivity contribution in [2.75, 3.05) is 10.0 Å². The van der Waals surface area contributed by atoms with Crippen LogP contribution in [0, 0.1) is 27.4 Å². The molecule has 8 nitrogen and oxygen atoms in total. The zero-order valence-corrected chi connectivity index (χ0v) is 16.0. The Balaban J connectivity index is 2.35. The van der Waals surface area contributed by atoms with Crippen LogP contribution in [0.15, 0.2) is 32.9 Å². The van der Waals surface area contributed by atoms with Crippen LogP contribution in [0.4, 0.5) is 11.6 Å². The van der Waals surface area contributed by atoms with E-state index in [-0.39, 0.29) is 11.3 Å². The molecule has 158 valence electrons. The molecular weight excluding hydrogens is 426 g/mol. The number of Topliss-reactive ketones (excluding diaryl/α,β-unsaturated/α-hetero) is 1. The fourth-order valence-corrected chi connectivity index (χ4v) is 4.33. The van der Waals surface area contributed by atoms with Crippen molar-refractivity contribution in [3.05, 3.63) is 56.4 Å². The van der Waals surface area contributed by atoms with Crippen LogP contribution in [0.5, 0.6) is 0 Å². The molecule has 30 heavy (non-hydrogen) atoms. The summed E-state index contributed by atoms with van der Waals surface area (Å²) < 4.78 is 179. The molecule has 2 aromatic heterocycles. The van der Waals surface area contributed by atoms with Gasteiger partial charge in [-0.3, -0.25) is 9.59 Å². The number of sulfonamides is 1. The predicted octanol–water partition coefficient (Wildman–Crippen LogP) is 4.23. The molecule has 0 saturated heterocycles. The first-order chi connectivity index (χ1) is 21.8. The molecule has 1 amide bonds. The highest BCUT2D eigenvalue weighted by atomic mass is 32.2. The summed E-state index contributed by atoms with van der Waals surface area (Å²) in [6.07, 6.45) is 0. The molecular formula is C20H21N3O5S2. The van der Waals surface area contributed by atoms with Crippen molar-refractivity contribution in [3.63, 3.8) is 0 Å². The molecule has 0 aliphatic heterocycles. The number of anilines is 2. The second-order valence-electron chi connectivity index (χ2n) is 5.36. The van der Waals surface area contributed by atoms with Gasteiger partial charge in [0.05, 0.1) is 14.1 Å². The Kier molecular flexibility index (Phi) is 2.13. The maximum absolute atomic E-state index is 13.7. The number of aryl methyl sites for hydroxylation is 1. The van der Waals surface area contributed by atoms with Crippen molar-refractivity contribution in [1.82, 2.24) is 5.16 Å². The van der Waals surface area contributed by atoms with E-state index < -0.39 is 127 Å². The second-order valence-corrected chi connectivity index (χ2v) is 7.85. The van der Waals surface area contributed by atoms with E-state index >= 15 is 0 Å². The third-order valence-electron chi connectivity index (χ3n) is 3.39. The average Bonchev–Trinajstić information content (AvgIpc) is 3.57. The molecule has 3 rings (SSSR count). The first-order valence-electron chi connectivity index (χ1n) is 16.9. The maximum Gasteiger partial charge on any atom is 0.267 e. The van der Waals surface area contributed by atoms with E-state index in [1.165, 1.54) is 0 Å². The minimum atomic E-state index is -5.49. The molecule has 0 bridgehead atoms. The number of nitrogens with zero attached hydrogens (tertiary/aromatic N) is 1. The monoisotopic (exact) mass is 466 g/mol. The number of thiophene rings is 1. The zero-order valence-electron chi connectivity index (χ0n) is 33.4. The van der Waals surface area contributed by atoms with Crippen LogP contribution < -0.4 is 10.0 Å². The van der Waals surface area contributed by atoms with Crippen molar-refractivity contribution in [3.8, 4) is 0 Å². The minimum Gasteiger partial charge on any atom is -0.337 e. The van der Waals surface area contributed by atoms with Crippen LogP contribution in [0.2, 0.25) is 2.82 Å². The highest BCUT2D eigenvalue weighted by Crippen LogP contribution is 2.29. The molecule has 2 N–H and O–H groups in total. The van der Waals surface area contributed by atoms with Gasteiger partial charge >= 0.3 is 0 Å². The van der Waals surface area contributed by atoms with Gasteiger partial charge in [-0.05, 0) is 62.9 Å². The lowest BCUT2D eigenvalue weighted by Crippen LogP contribution is -2.20. The molecule has 0 fully saturated rings. The van der Waals surface area contributed by atoms with Crippen LogP contribution >= 0.6 is 11.3 Å². The summed E-state index contributed by atoms with van der Waals surface area (Å²) >= 11 is 0.220. The Morgan fingerprint density at radius 3 is 2.83 bits per heavy atom. The lowest BCUT2D eigenvalue weighted by Gasteiger charge is -2.14. The van der Waals surface area contributed by atoms with Crippen LogP contribution in [0.25, 0.3) is 0 Å². The van der Waals surface area contributed by atoms with E-state index in [2.05, 4.69) is 9.68 Å². The molecule has 0 aliphatic carbocycles. The van der Waals surface area contributed by atoms with Crippen molar-refractivity contribution >= 4 is 44.6 Å². The number of hydrogen-bond acceptors (Lipinski definition) is 7. The number of carbonyl (C=O) groups excluding carboxylic acids is 2. The van der Waals surface area contributed by atoms with E-state index in [0.29, 0.717) is 6.07 Å². The Morgan fingerprint density at radius 1 is 1.27 bits per heavy atom. The Hall–Kier alpha value is -2.98. The molecule has 10 heteroatoms. The van der Waals surface area contributed by atoms with Crippen LogP contribution in [-0.4, -0.2) is 25.3 Å². The number of carbonyl (C=O) groups is 2. The predicted molar refractivity (Wildman–Crippen MR) is 115 cm³/mol. The number of rotatable bonds is 6. The van der Waals surface area contributed by atoms with Crippen molar-refractivity contribution in [2.45, 2.75) is 39.2 Å². The lowest BCUT2D eigenvalue weighted by atomic mass is 10.0. The van der Waals surface area contributed by atoms with Crippen molar-refractivity contribution in [2.24, 2.45) is 0 Å². The van der Waals surface area contributed by atoms with Gasteiger partial charge in [0, 0.05) is 31.7 Å². The van der Waals surface area contributed by atoms with E-state index in [0.717, 1.165) is 5.38 Å². The van der Waals surface area contributed by atoms with Crippen LogP contribution in [0.1, 0.15) is 72.6 Å². The van der Waals surface area contributed by atoms with Gasteiger partial charge in [-0.15, -0.1) is 11.3 Å². The SMILES string of the molecule is [2H]c1c(C(=O)C([2H])([2H])[2H])c(N([2H])C(=O)c2sccc2S(=O)(=O)N([2H])c2onc(C([2H])([2H])[2H])c2C([2H])([2H])[2H])c(C([2H])([2H])[2H])c([2H])c1C([2H])([2H])[2H]. The number of benzene rings is 1. The molecule has 2 heterocycles. The summed E-state index contributed by atoms with van der Waals surface area (Å²) in [7, 11) is -5.49. The minimum absolute atomic E-state index is 0.220. The summed E-state index contributed by atoms with van der Waals surface area (Å²) in [4.78, 5) is 24.6. The molecule has 0 aliphatic rings. The van der Waals surface area contributed by atoms with Gasteiger partial charge in [0.2, 0.25) is 5.88 Å². The van der Waals surface area contributed by atoms with Gasteiger partial charge in [0.25, 0.3) is 15.9 Å². The van der Waals surface area contributed by atoms with Crippen molar-refractivity contribution < 1.29 is 48.7 Å². The number of amides is 1. The normalized spacial score (nSPS) is 22.7. The Morgan fingerprint density at radius 2 is 2.13 bits per heavy atom. The summed E-state index contributed by atoms with van der Waals surface area (Å²) in [6, 6.07) is -2.35. The summed E-state index contributed by atoms with van der Waals surface area (Å²) in [6.45, 7) is -17.6. The molecule has 0 spiro atoms. The van der Waals surface area contributed by atoms with Gasteiger partial charge in [-0.2, -0.15) is 0 Å². The number of aromatic nitrogens is 1. The first kappa shape index (κ1) is 7.93. The molecule has 3 aromatic rings. The van der Waals surface area contributed by atoms with Gasteiger partial charge in [0.15, 0.2) is 8.61 Å². The van der Waals surface area contributed by atoms with E-state index in [4.69, 9.17) is 26.1 Å². The van der Waals surface area contributed by atoms with Gasteiger partial charge in [-0.1, -0.05) is 11.2 Å². The lowest BCUT2D eigenvalue weighted by molar-refractivity contribution is 0.101. The zero-order chi connectivity index (χ0) is 38.2. The molecule has 0 saturated carbocycles. The maximum atomic E-state index is 13.7. The molecule has 1 aromatic carbocycles. The van der Waals surface area contributed by atoms with Crippen LogP contribution in [0.3, 0.4) is 0 Å². The second kappa shape index (κ2) is 8.04. The van der Waals surface area contributed by atoms with Crippen LogP contribution in [-0.2, 0) is 10.0 Å². The third kappa shape index (κ3) is 4.14. The van der Waals surface area contributed by atoms with Gasteiger partial charge in [0.1, 0.15) is 9.77 Å². The van der Waals surface area contributed by atoms with Gasteiger partial charge in [-0.25, -0.2) is 13.1 Å². The molecule has 0 radical (unpaired) electrons. The highest BCUT2D eigenvalue weighted by molar-refractivity contribution is 7.93. The Labute approximate surface area is 205 Å². The van der Waals surface area contributed by atoms with E-state index in [1.54, 1.807) is 0 Å². The fraction of sp³-hybridized carbons (Fsp3) is 0.250. The summed E-state index contributed by atoms with van der Waals surface area (Å²) in [5.74, 6) is -5.39. The number of hydrogen-bond donors (Lipinski definition) is 2. The highest BCUT2D eigenvalue weighted by Gasteiger charge is 2.27. The average molecular weight is 467 g/mol. The Bertz CT molecular complexity index is 1920.